The van der Waals surface area contributed by atoms with Crippen LogP contribution in [0.5, 0.6) is 5.75 Å². The molecule has 8 nitrogen and oxygen atoms in total. The van der Waals surface area contributed by atoms with Gasteiger partial charge in [0.1, 0.15) is 22.0 Å². The highest BCUT2D eigenvalue weighted by molar-refractivity contribution is 7.92. The van der Waals surface area contributed by atoms with Crippen molar-refractivity contribution in [2.24, 2.45) is 5.10 Å². The van der Waals surface area contributed by atoms with Crippen LogP contribution in [0.1, 0.15) is 11.1 Å². The van der Waals surface area contributed by atoms with Gasteiger partial charge in [-0.1, -0.05) is 36.4 Å². The number of phenols is 1. The fourth-order valence-corrected chi connectivity index (χ4v) is 5.22. The third kappa shape index (κ3) is 3.58. The predicted molar refractivity (Wildman–Crippen MR) is 127 cm³/mol. The van der Waals surface area contributed by atoms with Crippen LogP contribution in [-0.4, -0.2) is 34.4 Å². The van der Waals surface area contributed by atoms with Crippen LogP contribution >= 0.6 is 0 Å². The van der Waals surface area contributed by atoms with E-state index >= 15 is 0 Å². The van der Waals surface area contributed by atoms with Gasteiger partial charge in [0.15, 0.2) is 5.65 Å². The highest BCUT2D eigenvalue weighted by Crippen LogP contribution is 2.35. The number of phenolic OH excluding ortho intramolecular Hbond substituents is 1. The lowest BCUT2D eigenvalue weighted by Gasteiger charge is -2.06. The van der Waals surface area contributed by atoms with Gasteiger partial charge in [-0.25, -0.2) is 18.4 Å². The van der Waals surface area contributed by atoms with Crippen LogP contribution in [0.15, 0.2) is 87.7 Å². The normalized spacial score (nSPS) is 12.2. The lowest BCUT2D eigenvalue weighted by Crippen LogP contribution is -2.07. The zero-order valence-electron chi connectivity index (χ0n) is 17.5. The molecule has 2 aromatic heterocycles. The Balaban J connectivity index is 1.81. The number of hydrogen-bond acceptors (Lipinski definition) is 7. The van der Waals surface area contributed by atoms with Gasteiger partial charge >= 0.3 is 0 Å². The van der Waals surface area contributed by atoms with Crippen molar-refractivity contribution in [2.75, 3.05) is 5.73 Å². The molecule has 33 heavy (non-hydrogen) atoms. The van der Waals surface area contributed by atoms with E-state index in [0.29, 0.717) is 16.6 Å². The van der Waals surface area contributed by atoms with Gasteiger partial charge in [-0.05, 0) is 54.4 Å². The Hall–Kier alpha value is -4.24. The smallest absolute Gasteiger partial charge is 0.212 e. The summed E-state index contributed by atoms with van der Waals surface area (Å²) in [4.78, 5) is 9.16. The average molecular weight is 458 g/mol. The molecule has 0 saturated carbocycles. The van der Waals surface area contributed by atoms with E-state index in [1.54, 1.807) is 48.5 Å². The molecule has 9 heteroatoms. The van der Waals surface area contributed by atoms with Crippen LogP contribution in [-0.2, 0) is 9.84 Å². The molecule has 0 radical (unpaired) electrons. The zero-order chi connectivity index (χ0) is 23.2. The Morgan fingerprint density at radius 1 is 0.970 bits per heavy atom. The van der Waals surface area contributed by atoms with Gasteiger partial charge in [0.2, 0.25) is 9.84 Å². The van der Waals surface area contributed by atoms with Crippen molar-refractivity contribution in [2.45, 2.75) is 16.7 Å². The first-order valence-corrected chi connectivity index (χ1v) is 11.5. The third-order valence-corrected chi connectivity index (χ3v) is 7.00. The van der Waals surface area contributed by atoms with E-state index in [1.165, 1.54) is 23.0 Å². The quantitative estimate of drug-likeness (QED) is 0.395. The minimum atomic E-state index is -4.02. The second-order valence-electron chi connectivity index (χ2n) is 7.57. The summed E-state index contributed by atoms with van der Waals surface area (Å²) in [6, 6.07) is 20.3. The van der Waals surface area contributed by atoms with E-state index in [9.17, 15) is 13.5 Å². The topological polar surface area (TPSA) is 123 Å². The van der Waals surface area contributed by atoms with Crippen molar-refractivity contribution in [1.82, 2.24) is 14.6 Å². The second-order valence-corrected chi connectivity index (χ2v) is 9.46. The SMILES string of the molecule is Cc1cccc(S(=O)(=O)c2c(N)n(/N=C/c3cccc(O)c3)c3nc4ccccc4nc23)c1. The number of sulfone groups is 1. The van der Waals surface area contributed by atoms with Crippen molar-refractivity contribution < 1.29 is 13.5 Å². The molecule has 0 atom stereocenters. The van der Waals surface area contributed by atoms with Crippen LogP contribution in [0.4, 0.5) is 5.82 Å². The van der Waals surface area contributed by atoms with Crippen LogP contribution in [0, 0.1) is 6.92 Å². The van der Waals surface area contributed by atoms with E-state index in [4.69, 9.17) is 5.73 Å². The highest BCUT2D eigenvalue weighted by atomic mass is 32.2. The number of benzene rings is 3. The van der Waals surface area contributed by atoms with Gasteiger partial charge in [0.05, 0.1) is 22.1 Å². The Morgan fingerprint density at radius 2 is 1.70 bits per heavy atom. The van der Waals surface area contributed by atoms with E-state index < -0.39 is 9.84 Å². The number of hydrogen-bond donors (Lipinski definition) is 2. The molecule has 3 aromatic carbocycles. The molecular formula is C24H19N5O3S. The number of aromatic nitrogens is 3. The number of nitrogens with zero attached hydrogens (tertiary/aromatic N) is 4. The molecule has 0 saturated heterocycles. The van der Waals surface area contributed by atoms with E-state index in [1.807, 2.05) is 19.1 Å². The van der Waals surface area contributed by atoms with Crippen LogP contribution < -0.4 is 5.73 Å². The van der Waals surface area contributed by atoms with Gasteiger partial charge in [0.25, 0.3) is 0 Å². The number of aryl methyl sites for hydroxylation is 1. The lowest BCUT2D eigenvalue weighted by molar-refractivity contribution is 0.475. The summed E-state index contributed by atoms with van der Waals surface area (Å²) >= 11 is 0. The molecule has 3 N–H and O–H groups in total. The Labute approximate surface area is 189 Å². The maximum atomic E-state index is 13.6. The van der Waals surface area contributed by atoms with Crippen LogP contribution in [0.2, 0.25) is 0 Å². The maximum absolute atomic E-state index is 13.6. The molecule has 0 aliphatic rings. The van der Waals surface area contributed by atoms with E-state index in [-0.39, 0.29) is 32.5 Å². The Morgan fingerprint density at radius 3 is 2.42 bits per heavy atom. The monoisotopic (exact) mass is 457 g/mol. The molecule has 0 bridgehead atoms. The van der Waals surface area contributed by atoms with Crippen LogP contribution in [0.3, 0.4) is 0 Å². The van der Waals surface area contributed by atoms with E-state index in [2.05, 4.69) is 15.1 Å². The molecule has 0 unspecified atom stereocenters. The summed E-state index contributed by atoms with van der Waals surface area (Å²) in [6.45, 7) is 1.82. The summed E-state index contributed by atoms with van der Waals surface area (Å²) in [5, 5.41) is 14.1. The van der Waals surface area contributed by atoms with Gasteiger partial charge in [-0.3, -0.25) is 0 Å². The molecule has 5 aromatic rings. The molecule has 0 fully saturated rings. The highest BCUT2D eigenvalue weighted by Gasteiger charge is 2.30. The lowest BCUT2D eigenvalue weighted by atomic mass is 10.2. The van der Waals surface area contributed by atoms with Crippen molar-refractivity contribution in [3.8, 4) is 5.75 Å². The minimum Gasteiger partial charge on any atom is -0.508 e. The number of anilines is 1. The number of aromatic hydroxyl groups is 1. The molecular weight excluding hydrogens is 438 g/mol. The van der Waals surface area contributed by atoms with Crippen molar-refractivity contribution >= 4 is 44.1 Å². The first kappa shape index (κ1) is 20.7. The zero-order valence-corrected chi connectivity index (χ0v) is 18.4. The number of para-hydroxylation sites is 2. The summed E-state index contributed by atoms with van der Waals surface area (Å²) in [5.41, 5.74) is 9.26. The molecule has 0 spiro atoms. The first-order chi connectivity index (χ1) is 15.8. The van der Waals surface area contributed by atoms with Crippen molar-refractivity contribution in [3.05, 3.63) is 83.9 Å². The van der Waals surface area contributed by atoms with Crippen molar-refractivity contribution in [1.29, 1.82) is 0 Å². The minimum absolute atomic E-state index is 0.0813. The molecule has 0 aliphatic carbocycles. The molecule has 0 aliphatic heterocycles. The Bertz CT molecular complexity index is 1670. The van der Waals surface area contributed by atoms with Gasteiger partial charge < -0.3 is 10.8 Å². The Kier molecular flexibility index (Phi) is 4.83. The van der Waals surface area contributed by atoms with Crippen LogP contribution in [0.25, 0.3) is 22.2 Å². The van der Waals surface area contributed by atoms with Gasteiger partial charge in [-0.2, -0.15) is 9.78 Å². The van der Waals surface area contributed by atoms with Gasteiger partial charge in [-0.15, -0.1) is 0 Å². The predicted octanol–water partition coefficient (Wildman–Crippen LogP) is 3.90. The third-order valence-electron chi connectivity index (χ3n) is 5.19. The first-order valence-electron chi connectivity index (χ1n) is 10.1. The number of fused-ring (bicyclic) bond motifs is 2. The average Bonchev–Trinajstić information content (AvgIpc) is 3.07. The van der Waals surface area contributed by atoms with Gasteiger partial charge in [0, 0.05) is 0 Å². The summed E-state index contributed by atoms with van der Waals surface area (Å²) in [6.07, 6.45) is 1.47. The molecule has 0 amide bonds. The molecule has 2 heterocycles. The fourth-order valence-electron chi connectivity index (χ4n) is 3.63. The maximum Gasteiger partial charge on any atom is 0.212 e. The summed E-state index contributed by atoms with van der Waals surface area (Å²) in [5.74, 6) is -0.0176. The molecule has 5 rings (SSSR count). The van der Waals surface area contributed by atoms with E-state index in [0.717, 1.165) is 5.56 Å². The summed E-state index contributed by atoms with van der Waals surface area (Å²) < 4.78 is 28.6. The number of rotatable bonds is 4. The van der Waals surface area contributed by atoms with Crippen molar-refractivity contribution in [3.63, 3.8) is 0 Å². The number of nitrogens with two attached hydrogens (primary N) is 1. The summed E-state index contributed by atoms with van der Waals surface area (Å²) in [7, 11) is -4.02. The second kappa shape index (κ2) is 7.72. The number of nitrogen functional groups attached to an aromatic ring is 1. The standard InChI is InChI=1S/C24H19N5O3S/c1-15-6-4-9-18(12-15)33(31,32)22-21-24(28-20-11-3-2-10-19(20)27-21)29(23(22)25)26-14-16-7-5-8-17(30)13-16/h2-14,30H,25H2,1H3/b26-14+. The largest absolute Gasteiger partial charge is 0.508 e. The molecule has 164 valence electrons. The fraction of sp³-hybridized carbons (Fsp3) is 0.0417.